The molecule has 5 saturated heterocycles. The van der Waals surface area contributed by atoms with E-state index in [4.69, 9.17) is 18.2 Å². The molecule has 1 atom stereocenters. The normalized spacial score (nSPS) is 22.9. The van der Waals surface area contributed by atoms with Gasteiger partial charge in [0.2, 0.25) is 17.5 Å². The van der Waals surface area contributed by atoms with Gasteiger partial charge in [0.05, 0.1) is 17.7 Å². The molecule has 1 unspecified atom stereocenters. The van der Waals surface area contributed by atoms with E-state index >= 15 is 0 Å². The Morgan fingerprint density at radius 1 is 0.709 bits per heavy atom. The Bertz CT molecular complexity index is 2160. The molecule has 12 nitrogen and oxygen atoms in total. The third-order valence-corrected chi connectivity index (χ3v) is 13.4. The van der Waals surface area contributed by atoms with Crippen molar-refractivity contribution in [3.8, 4) is 0 Å². The summed E-state index contributed by atoms with van der Waals surface area (Å²) >= 11 is 6.32. The maximum atomic E-state index is 13.5. The number of halogens is 1. The van der Waals surface area contributed by atoms with Crippen LogP contribution in [0, 0.1) is 17.4 Å². The van der Waals surface area contributed by atoms with Gasteiger partial charge in [0, 0.05) is 91.8 Å². The van der Waals surface area contributed by atoms with Gasteiger partial charge in [0.1, 0.15) is 6.04 Å². The molecule has 0 aromatic heterocycles. The lowest BCUT2D eigenvalue weighted by atomic mass is 9.71. The fourth-order valence-electron chi connectivity index (χ4n) is 9.69. The van der Waals surface area contributed by atoms with Gasteiger partial charge in [-0.15, -0.1) is 0 Å². The second-order valence-electron chi connectivity index (χ2n) is 16.3. The van der Waals surface area contributed by atoms with E-state index in [-0.39, 0.29) is 29.6 Å². The van der Waals surface area contributed by atoms with Crippen molar-refractivity contribution in [2.24, 2.45) is 10.8 Å². The third kappa shape index (κ3) is 6.18. The van der Waals surface area contributed by atoms with E-state index in [0.29, 0.717) is 21.8 Å². The molecule has 55 heavy (non-hydrogen) atoms. The lowest BCUT2D eigenvalue weighted by Crippen LogP contribution is -2.60. The fraction of sp³-hybridized carbons (Fsp3) is 0.429. The molecule has 13 heteroatoms. The van der Waals surface area contributed by atoms with E-state index in [2.05, 4.69) is 37.0 Å². The van der Waals surface area contributed by atoms with Crippen molar-refractivity contribution in [1.29, 1.82) is 0 Å². The van der Waals surface area contributed by atoms with Crippen LogP contribution in [0.5, 0.6) is 0 Å². The van der Waals surface area contributed by atoms with Crippen LogP contribution in [0.15, 0.2) is 60.7 Å². The highest BCUT2D eigenvalue weighted by molar-refractivity contribution is 6.33. The van der Waals surface area contributed by atoms with E-state index < -0.39 is 29.7 Å². The number of rotatable bonds is 5. The summed E-state index contributed by atoms with van der Waals surface area (Å²) in [7, 11) is 0. The van der Waals surface area contributed by atoms with Gasteiger partial charge in [-0.2, -0.15) is 0 Å². The third-order valence-electron chi connectivity index (χ3n) is 13.1. The molecule has 282 valence electrons. The molecule has 6 aliphatic rings. The molecule has 0 bridgehead atoms. The fourth-order valence-corrected chi connectivity index (χ4v) is 9.90. The number of carbonyl (C=O) groups excluding carboxylic acids is 5. The molecule has 0 saturated carbocycles. The first kappa shape index (κ1) is 35.3. The van der Waals surface area contributed by atoms with E-state index in [1.165, 1.54) is 0 Å². The number of carbonyl (C=O) groups is 5. The Morgan fingerprint density at radius 2 is 1.31 bits per heavy atom. The van der Waals surface area contributed by atoms with Gasteiger partial charge in [-0.1, -0.05) is 17.7 Å². The summed E-state index contributed by atoms with van der Waals surface area (Å²) in [5.41, 5.74) is 5.28. The minimum atomic E-state index is -0.974. The van der Waals surface area contributed by atoms with Gasteiger partial charge < -0.3 is 19.6 Å². The predicted octanol–water partition coefficient (Wildman–Crippen LogP) is 5.53. The summed E-state index contributed by atoms with van der Waals surface area (Å²) in [5.74, 6) is -1.88. The summed E-state index contributed by atoms with van der Waals surface area (Å²) in [6, 6.07) is 18.1. The first-order chi connectivity index (χ1) is 26.5. The van der Waals surface area contributed by atoms with Crippen molar-refractivity contribution >= 4 is 63.9 Å². The second kappa shape index (κ2) is 13.4. The summed E-state index contributed by atoms with van der Waals surface area (Å²) in [6.45, 7) is 14.2. The standard InChI is InChI=1S/C42H42ClN7O5/c1-44-34-9-7-30(23-33(34)43)48-21-14-41(24-48)12-19-47(20-13-41)38(53)27-2-4-28(5-3-27)49-25-42(26-49)15-17-46(18-16-42)29-6-8-31-32(22-29)40(55)50(39(31)54)35-10-11-36(51)45-37(35)52/h2-9,22-23,35H,10-21,24-26H2,(H,45,51,52). The van der Waals surface area contributed by atoms with Crippen LogP contribution in [0.1, 0.15) is 76.0 Å². The topological polar surface area (TPSA) is 118 Å². The maximum Gasteiger partial charge on any atom is 0.262 e. The van der Waals surface area contributed by atoms with Crippen molar-refractivity contribution in [1.82, 2.24) is 15.1 Å². The predicted molar refractivity (Wildman–Crippen MR) is 208 cm³/mol. The second-order valence-corrected chi connectivity index (χ2v) is 16.7. The highest BCUT2D eigenvalue weighted by Crippen LogP contribution is 2.45. The quantitative estimate of drug-likeness (QED) is 0.267. The smallest absolute Gasteiger partial charge is 0.262 e. The van der Waals surface area contributed by atoms with Crippen LogP contribution in [0.25, 0.3) is 4.85 Å². The van der Waals surface area contributed by atoms with Crippen molar-refractivity contribution < 1.29 is 24.0 Å². The monoisotopic (exact) mass is 759 g/mol. The lowest BCUT2D eigenvalue weighted by molar-refractivity contribution is -0.136. The summed E-state index contributed by atoms with van der Waals surface area (Å²) in [6.07, 6.45) is 5.27. The number of fused-ring (bicyclic) bond motifs is 1. The average Bonchev–Trinajstić information content (AvgIpc) is 3.71. The number of likely N-dealkylation sites (tertiary alicyclic amines) is 1. The Hall–Kier alpha value is -5.41. The summed E-state index contributed by atoms with van der Waals surface area (Å²) in [4.78, 5) is 77.6. The molecular weight excluding hydrogens is 718 g/mol. The molecule has 6 aliphatic heterocycles. The molecule has 5 amide bonds. The van der Waals surface area contributed by atoms with Crippen LogP contribution < -0.4 is 20.0 Å². The van der Waals surface area contributed by atoms with Crippen LogP contribution >= 0.6 is 11.6 Å². The minimum Gasteiger partial charge on any atom is -0.371 e. The molecule has 6 heterocycles. The number of nitrogens with one attached hydrogen (secondary N) is 1. The number of imide groups is 2. The van der Waals surface area contributed by atoms with Crippen molar-refractivity contribution in [2.75, 3.05) is 67.1 Å². The van der Waals surface area contributed by atoms with Crippen LogP contribution in [0.4, 0.5) is 22.7 Å². The maximum absolute atomic E-state index is 13.5. The molecule has 1 N–H and O–H groups in total. The van der Waals surface area contributed by atoms with Gasteiger partial charge in [0.15, 0.2) is 0 Å². The van der Waals surface area contributed by atoms with Crippen LogP contribution in [-0.4, -0.2) is 97.7 Å². The molecule has 2 spiro atoms. The highest BCUT2D eigenvalue weighted by atomic mass is 35.5. The summed E-state index contributed by atoms with van der Waals surface area (Å²) in [5, 5.41) is 2.74. The number of amides is 5. The van der Waals surface area contributed by atoms with E-state index in [9.17, 15) is 24.0 Å². The number of hydrogen-bond acceptors (Lipinski definition) is 8. The zero-order valence-corrected chi connectivity index (χ0v) is 31.3. The largest absolute Gasteiger partial charge is 0.371 e. The molecule has 3 aromatic rings. The van der Waals surface area contributed by atoms with Gasteiger partial charge >= 0.3 is 0 Å². The average molecular weight is 760 g/mol. The minimum absolute atomic E-state index is 0.0894. The van der Waals surface area contributed by atoms with Gasteiger partial charge in [-0.05, 0) is 98.5 Å². The van der Waals surface area contributed by atoms with Gasteiger partial charge in [-0.25, -0.2) is 4.85 Å². The number of benzene rings is 3. The number of hydrogen-bond donors (Lipinski definition) is 1. The van der Waals surface area contributed by atoms with Crippen LogP contribution in [-0.2, 0) is 9.59 Å². The van der Waals surface area contributed by atoms with Crippen LogP contribution in [0.3, 0.4) is 0 Å². The molecule has 0 aliphatic carbocycles. The first-order valence-electron chi connectivity index (χ1n) is 19.2. The van der Waals surface area contributed by atoms with Crippen molar-refractivity contribution in [2.45, 2.75) is 51.0 Å². The SMILES string of the molecule is [C-]#[N+]c1ccc(N2CCC3(CCN(C(=O)c4ccc(N5CC6(CCN(c7ccc8c(c7)C(=O)N(C7CCC(=O)NC7=O)C8=O)CC6)C5)cc4)CC3)C2)cc1Cl. The molecule has 5 fully saturated rings. The van der Waals surface area contributed by atoms with E-state index in [0.717, 1.165) is 112 Å². The Balaban J connectivity index is 0.757. The van der Waals surface area contributed by atoms with Gasteiger partial charge in [0.25, 0.3) is 17.7 Å². The molecular formula is C42H42ClN7O5. The Morgan fingerprint density at radius 3 is 2.00 bits per heavy atom. The molecule has 3 aromatic carbocycles. The van der Waals surface area contributed by atoms with E-state index in [1.807, 2.05) is 35.2 Å². The summed E-state index contributed by atoms with van der Waals surface area (Å²) < 4.78 is 0. The zero-order valence-electron chi connectivity index (χ0n) is 30.6. The Labute approximate surface area is 324 Å². The highest BCUT2D eigenvalue weighted by Gasteiger charge is 2.47. The first-order valence-corrected chi connectivity index (χ1v) is 19.6. The van der Waals surface area contributed by atoms with E-state index in [1.54, 1.807) is 18.2 Å². The molecule has 0 radical (unpaired) electrons. The number of piperidine rings is 3. The lowest BCUT2D eigenvalue weighted by Gasteiger charge is -2.55. The van der Waals surface area contributed by atoms with Gasteiger partial charge in [-0.3, -0.25) is 34.2 Å². The van der Waals surface area contributed by atoms with Crippen LogP contribution in [0.2, 0.25) is 5.02 Å². The van der Waals surface area contributed by atoms with Crippen molar-refractivity contribution in [3.05, 3.63) is 93.8 Å². The number of anilines is 3. The molecule has 9 rings (SSSR count). The Kier molecular flexibility index (Phi) is 8.61. The zero-order chi connectivity index (χ0) is 38.1. The number of nitrogens with zero attached hydrogens (tertiary/aromatic N) is 6. The van der Waals surface area contributed by atoms with Crippen molar-refractivity contribution in [3.63, 3.8) is 0 Å².